The van der Waals surface area contributed by atoms with Gasteiger partial charge in [-0.1, -0.05) is 52.8 Å². The molecular formula is C25H24N2. The molecule has 134 valence electrons. The molecule has 2 heterocycles. The van der Waals surface area contributed by atoms with E-state index >= 15 is 0 Å². The van der Waals surface area contributed by atoms with Crippen LogP contribution in [0.15, 0.2) is 54.9 Å². The summed E-state index contributed by atoms with van der Waals surface area (Å²) in [6.45, 7) is 11.5. The number of hydrogen-bond acceptors (Lipinski definition) is 2. The van der Waals surface area contributed by atoms with E-state index in [1.54, 1.807) is 0 Å². The Hall–Kier alpha value is -2.74. The maximum Gasteiger partial charge on any atom is 0.0786 e. The Bertz CT molecular complexity index is 1230. The number of nitrogens with zero attached hydrogens (tertiary/aromatic N) is 2. The van der Waals surface area contributed by atoms with Gasteiger partial charge in [-0.2, -0.15) is 0 Å². The maximum absolute atomic E-state index is 4.82. The molecule has 0 bridgehead atoms. The fraction of sp³-hybridized carbons (Fsp3) is 0.280. The maximum atomic E-state index is 4.82. The van der Waals surface area contributed by atoms with Crippen molar-refractivity contribution in [2.24, 2.45) is 0 Å². The Morgan fingerprint density at radius 3 is 2.41 bits per heavy atom. The molecule has 0 N–H and O–H groups in total. The van der Waals surface area contributed by atoms with Gasteiger partial charge in [0.1, 0.15) is 0 Å². The van der Waals surface area contributed by atoms with Crippen LogP contribution in [0.25, 0.3) is 32.9 Å². The molecule has 1 aliphatic carbocycles. The van der Waals surface area contributed by atoms with Crippen LogP contribution in [0.1, 0.15) is 51.3 Å². The number of hydrogen-bond donors (Lipinski definition) is 0. The fourth-order valence-corrected chi connectivity index (χ4v) is 4.43. The lowest BCUT2D eigenvalue weighted by Gasteiger charge is -2.36. The summed E-state index contributed by atoms with van der Waals surface area (Å²) in [6.07, 6.45) is 3.82. The van der Waals surface area contributed by atoms with Gasteiger partial charge in [0.05, 0.1) is 11.2 Å². The molecule has 0 unspecified atom stereocenters. The quantitative estimate of drug-likeness (QED) is 0.366. The highest BCUT2D eigenvalue weighted by atomic mass is 14.7. The van der Waals surface area contributed by atoms with E-state index in [4.69, 9.17) is 4.98 Å². The van der Waals surface area contributed by atoms with Crippen LogP contribution >= 0.6 is 0 Å². The minimum atomic E-state index is -0.101. The Morgan fingerprint density at radius 2 is 1.63 bits per heavy atom. The predicted molar refractivity (Wildman–Crippen MR) is 113 cm³/mol. The number of fused-ring (bicyclic) bond motifs is 3. The van der Waals surface area contributed by atoms with Crippen LogP contribution in [-0.2, 0) is 10.8 Å². The van der Waals surface area contributed by atoms with Crippen molar-refractivity contribution in [2.75, 3.05) is 0 Å². The molecule has 5 rings (SSSR count). The zero-order valence-corrected chi connectivity index (χ0v) is 16.6. The molecule has 0 radical (unpaired) electrons. The third-order valence-corrected chi connectivity index (χ3v) is 6.07. The first-order valence-electron chi connectivity index (χ1n) is 9.60. The molecule has 2 aromatic carbocycles. The zero-order valence-electron chi connectivity index (χ0n) is 16.6. The lowest BCUT2D eigenvalue weighted by molar-refractivity contribution is 0.584. The van der Waals surface area contributed by atoms with Crippen LogP contribution in [0.4, 0.5) is 0 Å². The first-order valence-corrected chi connectivity index (χ1v) is 9.60. The van der Waals surface area contributed by atoms with Crippen LogP contribution in [0, 0.1) is 0 Å². The monoisotopic (exact) mass is 352 g/mol. The van der Waals surface area contributed by atoms with E-state index in [-0.39, 0.29) is 10.8 Å². The summed E-state index contributed by atoms with van der Waals surface area (Å²) in [5.74, 6) is 0. The van der Waals surface area contributed by atoms with Crippen LogP contribution in [0.5, 0.6) is 0 Å². The third kappa shape index (κ3) is 2.26. The highest BCUT2D eigenvalue weighted by Crippen LogP contribution is 2.49. The van der Waals surface area contributed by atoms with Crippen LogP contribution in [0.2, 0.25) is 0 Å². The van der Waals surface area contributed by atoms with E-state index < -0.39 is 0 Å². The smallest absolute Gasteiger partial charge is 0.0786 e. The van der Waals surface area contributed by atoms with E-state index in [1.807, 2.05) is 18.5 Å². The summed E-state index contributed by atoms with van der Waals surface area (Å²) >= 11 is 0. The molecule has 2 aromatic heterocycles. The minimum absolute atomic E-state index is 0.101. The summed E-state index contributed by atoms with van der Waals surface area (Å²) < 4.78 is 0. The van der Waals surface area contributed by atoms with Crippen molar-refractivity contribution >= 4 is 21.7 Å². The van der Waals surface area contributed by atoms with E-state index in [9.17, 15) is 0 Å². The largest absolute Gasteiger partial charge is 0.256 e. The SMILES string of the molecule is CC(C)(C)c1cc2c3c(nccc3c1)-c1cc3cccnc3cc1C2(C)C. The molecule has 2 heteroatoms. The highest BCUT2D eigenvalue weighted by molar-refractivity contribution is 6.03. The van der Waals surface area contributed by atoms with Gasteiger partial charge in [0.15, 0.2) is 0 Å². The van der Waals surface area contributed by atoms with Gasteiger partial charge in [0.2, 0.25) is 0 Å². The number of pyridine rings is 2. The topological polar surface area (TPSA) is 25.8 Å². The van der Waals surface area contributed by atoms with Crippen molar-refractivity contribution in [1.82, 2.24) is 9.97 Å². The average Bonchev–Trinajstić information content (AvgIpc) is 2.64. The van der Waals surface area contributed by atoms with Gasteiger partial charge in [0, 0.05) is 34.1 Å². The normalized spacial score (nSPS) is 15.1. The van der Waals surface area contributed by atoms with Crippen molar-refractivity contribution in [1.29, 1.82) is 0 Å². The first-order chi connectivity index (χ1) is 12.8. The second kappa shape index (κ2) is 5.16. The second-order valence-corrected chi connectivity index (χ2v) is 9.25. The van der Waals surface area contributed by atoms with E-state index in [1.165, 1.54) is 38.4 Å². The fourth-order valence-electron chi connectivity index (χ4n) is 4.43. The molecule has 0 saturated carbocycles. The third-order valence-electron chi connectivity index (χ3n) is 6.07. The highest BCUT2D eigenvalue weighted by Gasteiger charge is 2.35. The van der Waals surface area contributed by atoms with Crippen molar-refractivity contribution in [2.45, 2.75) is 45.4 Å². The summed E-state index contributed by atoms with van der Waals surface area (Å²) in [7, 11) is 0. The van der Waals surface area contributed by atoms with Crippen molar-refractivity contribution in [3.8, 4) is 11.3 Å². The molecule has 0 atom stereocenters. The minimum Gasteiger partial charge on any atom is -0.256 e. The Balaban J connectivity index is 1.96. The molecule has 27 heavy (non-hydrogen) atoms. The lowest BCUT2D eigenvalue weighted by Crippen LogP contribution is -2.25. The number of benzene rings is 2. The summed E-state index contributed by atoms with van der Waals surface area (Å²) in [5.41, 5.74) is 7.45. The molecular weight excluding hydrogens is 328 g/mol. The molecule has 1 aliphatic rings. The Morgan fingerprint density at radius 1 is 0.815 bits per heavy atom. The lowest BCUT2D eigenvalue weighted by atomic mass is 9.68. The molecule has 4 aromatic rings. The summed E-state index contributed by atoms with van der Waals surface area (Å²) in [4.78, 5) is 9.42. The number of aromatic nitrogens is 2. The molecule has 0 spiro atoms. The standard InChI is InChI=1S/C25H24N2/c1-24(2,3)17-11-16-8-10-27-23-18-12-15-7-6-9-26-21(15)14-19(18)25(4,5)20(13-17)22(16)23/h6-14H,1-5H3. The summed E-state index contributed by atoms with van der Waals surface area (Å²) in [6, 6.07) is 15.6. The van der Waals surface area contributed by atoms with Crippen LogP contribution in [-0.4, -0.2) is 9.97 Å². The molecule has 2 nitrogen and oxygen atoms in total. The van der Waals surface area contributed by atoms with Gasteiger partial charge in [-0.3, -0.25) is 9.97 Å². The van der Waals surface area contributed by atoms with Crippen LogP contribution in [0.3, 0.4) is 0 Å². The van der Waals surface area contributed by atoms with Gasteiger partial charge in [-0.15, -0.1) is 0 Å². The van der Waals surface area contributed by atoms with Crippen molar-refractivity contribution in [3.05, 3.63) is 71.5 Å². The summed E-state index contributed by atoms with van der Waals surface area (Å²) in [5, 5.41) is 3.75. The first kappa shape index (κ1) is 16.4. The van der Waals surface area contributed by atoms with E-state index in [0.29, 0.717) is 0 Å². The van der Waals surface area contributed by atoms with Gasteiger partial charge in [-0.25, -0.2) is 0 Å². The van der Waals surface area contributed by atoms with Gasteiger partial charge >= 0.3 is 0 Å². The Kier molecular flexibility index (Phi) is 3.14. The van der Waals surface area contributed by atoms with Gasteiger partial charge in [0.25, 0.3) is 0 Å². The molecule has 0 fully saturated rings. The van der Waals surface area contributed by atoms with E-state index in [2.05, 4.69) is 76.0 Å². The number of rotatable bonds is 0. The molecule has 0 saturated heterocycles. The van der Waals surface area contributed by atoms with E-state index in [0.717, 1.165) is 11.2 Å². The van der Waals surface area contributed by atoms with Crippen LogP contribution < -0.4 is 0 Å². The van der Waals surface area contributed by atoms with Gasteiger partial charge < -0.3 is 0 Å². The van der Waals surface area contributed by atoms with Crippen molar-refractivity contribution in [3.63, 3.8) is 0 Å². The average molecular weight is 352 g/mol. The molecule has 0 aliphatic heterocycles. The Labute approximate surface area is 160 Å². The van der Waals surface area contributed by atoms with Gasteiger partial charge in [-0.05, 0) is 51.8 Å². The molecule has 0 amide bonds. The zero-order chi connectivity index (χ0) is 19.0. The van der Waals surface area contributed by atoms with Crippen molar-refractivity contribution < 1.29 is 0 Å². The predicted octanol–water partition coefficient (Wildman–Crippen LogP) is 6.39. The second-order valence-electron chi connectivity index (χ2n) is 9.25.